The summed E-state index contributed by atoms with van der Waals surface area (Å²) in [5.41, 5.74) is 3.60. The zero-order chi connectivity index (χ0) is 22.7. The molecule has 1 N–H and O–H groups in total. The van der Waals surface area contributed by atoms with Crippen LogP contribution in [0.15, 0.2) is 60.7 Å². The van der Waals surface area contributed by atoms with Gasteiger partial charge in [0.25, 0.3) is 0 Å². The van der Waals surface area contributed by atoms with Crippen LogP contribution in [0.3, 0.4) is 0 Å². The van der Waals surface area contributed by atoms with Crippen molar-refractivity contribution >= 4 is 51.5 Å². The van der Waals surface area contributed by atoms with E-state index in [2.05, 4.69) is 24.3 Å². The molecule has 4 rings (SSSR count). The summed E-state index contributed by atoms with van der Waals surface area (Å²) in [4.78, 5) is 11.8. The standard InChI is InChI=1S/C25H23Cl3N4/c1-32(2)13-5-12-29-25-19-8-4-9-21(27)23(19)30-24(31-25)18-7-3-6-16(14-18)17-10-11-20(26)22(28)15-17/h3-4,6-11,14-15H,5,12-13H2,1-2H3,(H,29,30,31). The maximum atomic E-state index is 6.50. The van der Waals surface area contributed by atoms with Crippen LogP contribution in [0.1, 0.15) is 6.42 Å². The summed E-state index contributed by atoms with van der Waals surface area (Å²) in [6, 6.07) is 19.4. The molecule has 7 heteroatoms. The maximum Gasteiger partial charge on any atom is 0.162 e. The molecular weight excluding hydrogens is 463 g/mol. The molecule has 164 valence electrons. The molecule has 0 aliphatic heterocycles. The van der Waals surface area contributed by atoms with Crippen LogP contribution in [-0.2, 0) is 0 Å². The van der Waals surface area contributed by atoms with Gasteiger partial charge in [-0.1, -0.05) is 65.1 Å². The molecule has 0 amide bonds. The van der Waals surface area contributed by atoms with E-state index >= 15 is 0 Å². The molecule has 0 atom stereocenters. The van der Waals surface area contributed by atoms with E-state index in [-0.39, 0.29) is 0 Å². The second-order valence-corrected chi connectivity index (χ2v) is 9.05. The van der Waals surface area contributed by atoms with Crippen LogP contribution < -0.4 is 5.32 Å². The molecule has 0 saturated heterocycles. The van der Waals surface area contributed by atoms with Gasteiger partial charge in [0, 0.05) is 17.5 Å². The molecule has 0 aliphatic rings. The lowest BCUT2D eigenvalue weighted by Crippen LogP contribution is -2.17. The first-order valence-electron chi connectivity index (χ1n) is 10.3. The highest BCUT2D eigenvalue weighted by atomic mass is 35.5. The predicted octanol–water partition coefficient (Wildman–Crippen LogP) is 7.29. The van der Waals surface area contributed by atoms with Gasteiger partial charge in [-0.15, -0.1) is 0 Å². The lowest BCUT2D eigenvalue weighted by atomic mass is 10.0. The summed E-state index contributed by atoms with van der Waals surface area (Å²) in [5.74, 6) is 1.40. The Morgan fingerprint density at radius 3 is 2.31 bits per heavy atom. The number of benzene rings is 3. The van der Waals surface area contributed by atoms with Gasteiger partial charge in [0.15, 0.2) is 5.82 Å². The molecule has 0 saturated carbocycles. The number of hydrogen-bond acceptors (Lipinski definition) is 4. The van der Waals surface area contributed by atoms with Gasteiger partial charge in [-0.2, -0.15) is 0 Å². The topological polar surface area (TPSA) is 41.0 Å². The van der Waals surface area contributed by atoms with Crippen molar-refractivity contribution in [2.45, 2.75) is 6.42 Å². The van der Waals surface area contributed by atoms with E-state index in [1.165, 1.54) is 0 Å². The summed E-state index contributed by atoms with van der Waals surface area (Å²) < 4.78 is 0. The normalized spacial score (nSPS) is 11.3. The van der Waals surface area contributed by atoms with Gasteiger partial charge in [0.2, 0.25) is 0 Å². The smallest absolute Gasteiger partial charge is 0.162 e. The molecule has 4 aromatic rings. The Balaban J connectivity index is 1.74. The Bertz CT molecular complexity index is 1260. The Morgan fingerprint density at radius 1 is 0.781 bits per heavy atom. The van der Waals surface area contributed by atoms with Crippen LogP contribution in [0.25, 0.3) is 33.4 Å². The Morgan fingerprint density at radius 2 is 1.53 bits per heavy atom. The summed E-state index contributed by atoms with van der Waals surface area (Å²) >= 11 is 18.8. The van der Waals surface area contributed by atoms with Gasteiger partial charge in [-0.3, -0.25) is 0 Å². The van der Waals surface area contributed by atoms with Crippen LogP contribution in [0.4, 0.5) is 5.82 Å². The minimum atomic E-state index is 0.521. The average Bonchev–Trinajstić information content (AvgIpc) is 2.79. The van der Waals surface area contributed by atoms with Crippen LogP contribution in [0.2, 0.25) is 15.1 Å². The fourth-order valence-electron chi connectivity index (χ4n) is 3.50. The Labute approximate surface area is 203 Å². The third-order valence-electron chi connectivity index (χ3n) is 5.13. The number of halogens is 3. The fourth-order valence-corrected chi connectivity index (χ4v) is 4.01. The first-order chi connectivity index (χ1) is 15.4. The van der Waals surface area contributed by atoms with E-state index in [1.807, 2.05) is 54.6 Å². The SMILES string of the molecule is CN(C)CCCNc1nc(-c2cccc(-c3ccc(Cl)c(Cl)c3)c2)nc2c(Cl)cccc12. The van der Waals surface area contributed by atoms with E-state index in [1.54, 1.807) is 6.07 Å². The zero-order valence-corrected chi connectivity index (χ0v) is 20.1. The Kier molecular flexibility index (Phi) is 7.17. The molecule has 1 aromatic heterocycles. The number of fused-ring (bicyclic) bond motifs is 1. The van der Waals surface area contributed by atoms with E-state index in [0.717, 1.165) is 52.9 Å². The second-order valence-electron chi connectivity index (χ2n) is 7.83. The third kappa shape index (κ3) is 5.16. The quantitative estimate of drug-likeness (QED) is 0.279. The summed E-state index contributed by atoms with van der Waals surface area (Å²) in [6.07, 6.45) is 1.00. The Hall–Kier alpha value is -2.37. The minimum Gasteiger partial charge on any atom is -0.369 e. The van der Waals surface area contributed by atoms with Crippen LogP contribution in [-0.4, -0.2) is 42.1 Å². The second kappa shape index (κ2) is 10.1. The average molecular weight is 486 g/mol. The third-order valence-corrected chi connectivity index (χ3v) is 6.17. The number of para-hydroxylation sites is 1. The van der Waals surface area contributed by atoms with Gasteiger partial charge >= 0.3 is 0 Å². The maximum absolute atomic E-state index is 6.50. The van der Waals surface area contributed by atoms with Crippen molar-refractivity contribution in [2.75, 3.05) is 32.5 Å². The molecule has 1 heterocycles. The predicted molar refractivity (Wildman–Crippen MR) is 137 cm³/mol. The largest absolute Gasteiger partial charge is 0.369 e. The number of anilines is 1. The fraction of sp³-hybridized carbons (Fsp3) is 0.200. The van der Waals surface area contributed by atoms with Gasteiger partial charge in [-0.05, 0) is 68.5 Å². The number of rotatable bonds is 7. The number of aromatic nitrogens is 2. The number of nitrogens with one attached hydrogen (secondary N) is 1. The van der Waals surface area contributed by atoms with Crippen molar-refractivity contribution in [1.82, 2.24) is 14.9 Å². The van der Waals surface area contributed by atoms with Crippen molar-refractivity contribution in [3.8, 4) is 22.5 Å². The highest BCUT2D eigenvalue weighted by molar-refractivity contribution is 6.42. The van der Waals surface area contributed by atoms with Crippen molar-refractivity contribution in [2.24, 2.45) is 0 Å². The lowest BCUT2D eigenvalue weighted by Gasteiger charge is -2.14. The summed E-state index contributed by atoms with van der Waals surface area (Å²) in [7, 11) is 4.14. The number of nitrogens with zero attached hydrogens (tertiary/aromatic N) is 3. The van der Waals surface area contributed by atoms with Crippen LogP contribution in [0.5, 0.6) is 0 Å². The summed E-state index contributed by atoms with van der Waals surface area (Å²) in [5, 5.41) is 6.03. The molecule has 0 fully saturated rings. The molecule has 0 unspecified atom stereocenters. The summed E-state index contributed by atoms with van der Waals surface area (Å²) in [6.45, 7) is 1.80. The zero-order valence-electron chi connectivity index (χ0n) is 17.9. The van der Waals surface area contributed by atoms with Crippen LogP contribution >= 0.6 is 34.8 Å². The van der Waals surface area contributed by atoms with Gasteiger partial charge < -0.3 is 10.2 Å². The lowest BCUT2D eigenvalue weighted by molar-refractivity contribution is 0.405. The molecule has 0 bridgehead atoms. The van der Waals surface area contributed by atoms with E-state index in [9.17, 15) is 0 Å². The molecule has 0 radical (unpaired) electrons. The van der Waals surface area contributed by atoms with Crippen molar-refractivity contribution in [3.05, 3.63) is 75.7 Å². The van der Waals surface area contributed by atoms with E-state index < -0.39 is 0 Å². The first kappa shape index (κ1) is 22.8. The van der Waals surface area contributed by atoms with Crippen molar-refractivity contribution in [3.63, 3.8) is 0 Å². The highest BCUT2D eigenvalue weighted by Gasteiger charge is 2.13. The molecule has 4 nitrogen and oxygen atoms in total. The molecule has 0 aliphatic carbocycles. The number of hydrogen-bond donors (Lipinski definition) is 1. The molecule has 32 heavy (non-hydrogen) atoms. The van der Waals surface area contributed by atoms with E-state index in [0.29, 0.717) is 20.9 Å². The van der Waals surface area contributed by atoms with Gasteiger partial charge in [-0.25, -0.2) is 9.97 Å². The van der Waals surface area contributed by atoms with Gasteiger partial charge in [0.1, 0.15) is 5.82 Å². The highest BCUT2D eigenvalue weighted by Crippen LogP contribution is 2.33. The van der Waals surface area contributed by atoms with Gasteiger partial charge in [0.05, 0.1) is 20.6 Å². The monoisotopic (exact) mass is 484 g/mol. The molecule has 3 aromatic carbocycles. The molecular formula is C25H23Cl3N4. The van der Waals surface area contributed by atoms with E-state index in [4.69, 9.17) is 44.8 Å². The molecule has 0 spiro atoms. The van der Waals surface area contributed by atoms with Crippen molar-refractivity contribution < 1.29 is 0 Å². The minimum absolute atomic E-state index is 0.521. The van der Waals surface area contributed by atoms with Crippen molar-refractivity contribution in [1.29, 1.82) is 0 Å². The first-order valence-corrected chi connectivity index (χ1v) is 11.5. The van der Waals surface area contributed by atoms with Crippen LogP contribution in [0, 0.1) is 0 Å².